The van der Waals surface area contributed by atoms with E-state index < -0.39 is 24.0 Å². The minimum Gasteiger partial charge on any atom is -0.481 e. The molecule has 1 heterocycles. The molecule has 0 aliphatic rings. The molecule has 85 valence electrons. The van der Waals surface area contributed by atoms with Gasteiger partial charge in [0.1, 0.15) is 0 Å². The van der Waals surface area contributed by atoms with Crippen molar-refractivity contribution in [1.29, 1.82) is 0 Å². The fraction of sp³-hybridized carbons (Fsp3) is 0.222. The number of hydrogen-bond donors (Lipinski definition) is 3. The molecule has 4 N–H and O–H groups in total. The minimum atomic E-state index is -1.70. The van der Waals surface area contributed by atoms with E-state index in [1.165, 1.54) is 6.07 Å². The Morgan fingerprint density at radius 3 is 2.69 bits per heavy atom. The molecule has 1 rings (SSSR count). The first-order valence-electron chi connectivity index (χ1n) is 4.23. The normalized spacial score (nSPS) is 13.8. The quantitative estimate of drug-likeness (QED) is 0.683. The van der Waals surface area contributed by atoms with E-state index in [2.05, 4.69) is 5.32 Å². The second-order valence-corrected chi connectivity index (χ2v) is 3.99. The zero-order valence-electron chi connectivity index (χ0n) is 8.10. The monoisotopic (exact) mass is 241 g/mol. The van der Waals surface area contributed by atoms with Gasteiger partial charge in [-0.25, -0.2) is 4.79 Å². The average molecular weight is 241 g/mol. The van der Waals surface area contributed by atoms with Crippen LogP contribution in [0, 0.1) is 0 Å². The topological polar surface area (TPSA) is 109 Å². The van der Waals surface area contributed by atoms with E-state index in [1.54, 1.807) is 17.7 Å². The number of primary amides is 1. The van der Waals surface area contributed by atoms with Crippen molar-refractivity contribution >= 4 is 29.6 Å². The largest absolute Gasteiger partial charge is 0.481 e. The molecule has 1 aromatic heterocycles. The van der Waals surface area contributed by atoms with Crippen LogP contribution in [-0.2, 0) is 15.1 Å². The SMILES string of the molecule is NC(=O)NC([C]=O)(CC(=O)O)c1cccs1. The molecule has 7 heteroatoms. The molecule has 1 unspecified atom stereocenters. The van der Waals surface area contributed by atoms with Gasteiger partial charge in [-0.15, -0.1) is 11.3 Å². The highest BCUT2D eigenvalue weighted by Gasteiger charge is 2.38. The molecule has 0 saturated heterocycles. The van der Waals surface area contributed by atoms with Gasteiger partial charge in [0.2, 0.25) is 6.29 Å². The minimum absolute atomic E-state index is 0.378. The molecule has 1 atom stereocenters. The van der Waals surface area contributed by atoms with E-state index in [0.29, 0.717) is 4.88 Å². The zero-order valence-corrected chi connectivity index (χ0v) is 8.91. The third-order valence-corrected chi connectivity index (χ3v) is 2.90. The molecule has 0 aliphatic carbocycles. The first kappa shape index (κ1) is 12.2. The molecule has 1 radical (unpaired) electrons. The third-order valence-electron chi connectivity index (χ3n) is 1.87. The fourth-order valence-corrected chi connectivity index (χ4v) is 2.09. The number of carboxylic acids is 1. The van der Waals surface area contributed by atoms with Crippen LogP contribution in [0.25, 0.3) is 0 Å². The van der Waals surface area contributed by atoms with E-state index in [4.69, 9.17) is 10.8 Å². The smallest absolute Gasteiger partial charge is 0.313 e. The molecular weight excluding hydrogens is 232 g/mol. The van der Waals surface area contributed by atoms with Crippen molar-refractivity contribution in [3.8, 4) is 0 Å². The molecule has 0 bridgehead atoms. The Morgan fingerprint density at radius 2 is 2.31 bits per heavy atom. The van der Waals surface area contributed by atoms with E-state index in [1.807, 2.05) is 0 Å². The third kappa shape index (κ3) is 2.57. The molecule has 2 amide bonds. The number of nitrogens with two attached hydrogens (primary N) is 1. The van der Waals surface area contributed by atoms with E-state index in [-0.39, 0.29) is 0 Å². The highest BCUT2D eigenvalue weighted by Crippen LogP contribution is 2.27. The summed E-state index contributed by atoms with van der Waals surface area (Å²) < 4.78 is 0. The lowest BCUT2D eigenvalue weighted by molar-refractivity contribution is -0.138. The highest BCUT2D eigenvalue weighted by molar-refractivity contribution is 7.10. The Hall–Kier alpha value is -1.89. The van der Waals surface area contributed by atoms with Crippen LogP contribution in [0.3, 0.4) is 0 Å². The molecule has 16 heavy (non-hydrogen) atoms. The number of carbonyl (C=O) groups excluding carboxylic acids is 2. The Labute approximate surface area is 95.1 Å². The van der Waals surface area contributed by atoms with E-state index in [0.717, 1.165) is 11.3 Å². The summed E-state index contributed by atoms with van der Waals surface area (Å²) in [5, 5.41) is 12.5. The maximum absolute atomic E-state index is 10.9. The van der Waals surface area contributed by atoms with Crippen molar-refractivity contribution in [1.82, 2.24) is 5.32 Å². The molecule has 6 nitrogen and oxygen atoms in total. The number of hydrogen-bond acceptors (Lipinski definition) is 4. The summed E-state index contributed by atoms with van der Waals surface area (Å²) in [5.41, 5.74) is 3.22. The van der Waals surface area contributed by atoms with Gasteiger partial charge in [-0.3, -0.25) is 9.59 Å². The van der Waals surface area contributed by atoms with Gasteiger partial charge >= 0.3 is 12.0 Å². The van der Waals surface area contributed by atoms with Gasteiger partial charge in [-0.1, -0.05) is 6.07 Å². The van der Waals surface area contributed by atoms with Crippen molar-refractivity contribution in [2.75, 3.05) is 0 Å². The Morgan fingerprint density at radius 1 is 1.62 bits per heavy atom. The predicted octanol–water partition coefficient (Wildman–Crippen LogP) is 0.196. The number of urea groups is 1. The molecular formula is C9H9N2O4S. The van der Waals surface area contributed by atoms with Crippen LogP contribution >= 0.6 is 11.3 Å². The summed E-state index contributed by atoms with van der Waals surface area (Å²) in [4.78, 5) is 32.8. The number of thiophene rings is 1. The van der Waals surface area contributed by atoms with Gasteiger partial charge < -0.3 is 16.2 Å². The zero-order chi connectivity index (χ0) is 12.2. The molecule has 0 aliphatic heterocycles. The molecule has 0 spiro atoms. The maximum Gasteiger partial charge on any atom is 0.313 e. The lowest BCUT2D eigenvalue weighted by atomic mass is 9.95. The lowest BCUT2D eigenvalue weighted by Crippen LogP contribution is -2.50. The van der Waals surface area contributed by atoms with Gasteiger partial charge in [-0.05, 0) is 11.4 Å². The van der Waals surface area contributed by atoms with Crippen LogP contribution in [0.4, 0.5) is 4.79 Å². The summed E-state index contributed by atoms with van der Waals surface area (Å²) in [5.74, 6) is -1.23. The summed E-state index contributed by atoms with van der Waals surface area (Å²) in [6, 6.07) is 2.20. The lowest BCUT2D eigenvalue weighted by Gasteiger charge is -2.24. The number of rotatable bonds is 5. The average Bonchev–Trinajstić information content (AvgIpc) is 2.68. The van der Waals surface area contributed by atoms with Gasteiger partial charge in [0, 0.05) is 4.88 Å². The maximum atomic E-state index is 10.9. The summed E-state index contributed by atoms with van der Waals surface area (Å²) in [6.45, 7) is 0. The van der Waals surface area contributed by atoms with Crippen LogP contribution in [0.1, 0.15) is 11.3 Å². The summed E-state index contributed by atoms with van der Waals surface area (Å²) in [6.07, 6.45) is 0.951. The van der Waals surface area contributed by atoms with Crippen molar-refractivity contribution < 1.29 is 19.5 Å². The van der Waals surface area contributed by atoms with Crippen LogP contribution in [0.2, 0.25) is 0 Å². The van der Waals surface area contributed by atoms with Gasteiger partial charge in [0.15, 0.2) is 5.54 Å². The standard InChI is InChI=1S/C9H9N2O4S/c10-8(15)11-9(5-12,4-7(13)14)6-2-1-3-16-6/h1-3H,4H2,(H,13,14)(H3,10,11,15). The first-order chi connectivity index (χ1) is 7.50. The fourth-order valence-electron chi connectivity index (χ4n) is 1.26. The van der Waals surface area contributed by atoms with Crippen molar-refractivity contribution in [3.63, 3.8) is 0 Å². The Balaban J connectivity index is 3.12. The van der Waals surface area contributed by atoms with Gasteiger partial charge in [-0.2, -0.15) is 0 Å². The highest BCUT2D eigenvalue weighted by atomic mass is 32.1. The van der Waals surface area contributed by atoms with Crippen LogP contribution in [0.5, 0.6) is 0 Å². The van der Waals surface area contributed by atoms with Gasteiger partial charge in [0.25, 0.3) is 0 Å². The van der Waals surface area contributed by atoms with Gasteiger partial charge in [0.05, 0.1) is 6.42 Å². The van der Waals surface area contributed by atoms with Crippen molar-refractivity contribution in [2.45, 2.75) is 12.0 Å². The van der Waals surface area contributed by atoms with E-state index >= 15 is 0 Å². The number of carboxylic acid groups (broad SMARTS) is 1. The number of carbonyl (C=O) groups is 2. The van der Waals surface area contributed by atoms with Crippen LogP contribution < -0.4 is 11.1 Å². The molecule has 0 aromatic carbocycles. The summed E-state index contributed by atoms with van der Waals surface area (Å²) >= 11 is 1.14. The molecule has 1 aromatic rings. The number of amides is 2. The second-order valence-electron chi connectivity index (χ2n) is 3.04. The number of nitrogens with one attached hydrogen (secondary N) is 1. The van der Waals surface area contributed by atoms with Crippen molar-refractivity contribution in [3.05, 3.63) is 22.4 Å². The van der Waals surface area contributed by atoms with E-state index in [9.17, 15) is 14.4 Å². The van der Waals surface area contributed by atoms with Crippen molar-refractivity contribution in [2.24, 2.45) is 5.73 Å². The molecule has 0 fully saturated rings. The first-order valence-corrected chi connectivity index (χ1v) is 5.11. The Kier molecular flexibility index (Phi) is 3.62. The predicted molar refractivity (Wildman–Crippen MR) is 56.7 cm³/mol. The second kappa shape index (κ2) is 4.75. The van der Waals surface area contributed by atoms with Crippen LogP contribution in [0.15, 0.2) is 17.5 Å². The van der Waals surface area contributed by atoms with Crippen LogP contribution in [-0.4, -0.2) is 23.4 Å². The summed E-state index contributed by atoms with van der Waals surface area (Å²) in [7, 11) is 0. The Bertz CT molecular complexity index is 386. The molecule has 0 saturated carbocycles. The number of aliphatic carboxylic acids is 1.